The highest BCUT2D eigenvalue weighted by Gasteiger charge is 2.26. The van der Waals surface area contributed by atoms with Crippen LogP contribution in [-0.2, 0) is 6.54 Å². The first kappa shape index (κ1) is 13.1. The lowest BCUT2D eigenvalue weighted by Gasteiger charge is -2.34. The van der Waals surface area contributed by atoms with E-state index >= 15 is 0 Å². The Bertz CT molecular complexity index is 416. The molecule has 1 aliphatic rings. The Labute approximate surface area is 107 Å². The van der Waals surface area contributed by atoms with Gasteiger partial charge in [0.25, 0.3) is 0 Å². The summed E-state index contributed by atoms with van der Waals surface area (Å²) in [5.41, 5.74) is 0.428. The molecule has 1 fully saturated rings. The first-order valence-corrected chi connectivity index (χ1v) is 6.38. The van der Waals surface area contributed by atoms with E-state index in [4.69, 9.17) is 9.63 Å². The van der Waals surface area contributed by atoms with Crippen LogP contribution in [-0.4, -0.2) is 22.3 Å². The molecule has 1 aliphatic carbocycles. The average Bonchev–Trinajstić information content (AvgIpc) is 2.76. The van der Waals surface area contributed by atoms with Crippen LogP contribution in [0.5, 0.6) is 0 Å². The molecule has 1 aromatic heterocycles. The second kappa shape index (κ2) is 5.10. The zero-order chi connectivity index (χ0) is 13.2. The molecule has 1 aromatic rings. The molecule has 0 radical (unpaired) electrons. The van der Waals surface area contributed by atoms with Gasteiger partial charge in [-0.3, -0.25) is 0 Å². The number of hydrogen-bond acceptors (Lipinski definition) is 4. The van der Waals surface area contributed by atoms with Crippen LogP contribution in [0.2, 0.25) is 0 Å². The number of hydrogen-bond donors (Lipinski definition) is 2. The van der Waals surface area contributed by atoms with Gasteiger partial charge in [0.15, 0.2) is 11.5 Å². The van der Waals surface area contributed by atoms with Crippen molar-refractivity contribution in [1.29, 1.82) is 0 Å². The van der Waals surface area contributed by atoms with Crippen molar-refractivity contribution in [2.24, 2.45) is 5.41 Å². The van der Waals surface area contributed by atoms with Crippen molar-refractivity contribution in [2.45, 2.75) is 52.1 Å². The van der Waals surface area contributed by atoms with Gasteiger partial charge in [-0.15, -0.1) is 0 Å². The lowest BCUT2D eigenvalue weighted by atomic mass is 9.75. The third kappa shape index (κ3) is 3.32. The number of nitrogens with one attached hydrogen (secondary N) is 1. The van der Waals surface area contributed by atoms with E-state index < -0.39 is 5.97 Å². The van der Waals surface area contributed by atoms with E-state index in [0.717, 1.165) is 12.8 Å². The fourth-order valence-electron chi connectivity index (χ4n) is 2.35. The minimum atomic E-state index is -1.05. The third-order valence-corrected chi connectivity index (χ3v) is 3.68. The highest BCUT2D eigenvalue weighted by molar-refractivity contribution is 5.85. The van der Waals surface area contributed by atoms with Gasteiger partial charge in [0.1, 0.15) is 0 Å². The quantitative estimate of drug-likeness (QED) is 0.860. The number of carboxylic acid groups (broad SMARTS) is 1. The van der Waals surface area contributed by atoms with Crippen molar-refractivity contribution in [3.8, 4) is 0 Å². The van der Waals surface area contributed by atoms with Gasteiger partial charge < -0.3 is 14.9 Å². The predicted molar refractivity (Wildman–Crippen MR) is 66.3 cm³/mol. The van der Waals surface area contributed by atoms with E-state index in [2.05, 4.69) is 24.3 Å². The standard InChI is InChI=1S/C13H20N2O3/c1-13(2)5-3-9(4-6-13)14-8-10-7-11(12(16)17)15-18-10/h7,9,14H,3-6,8H2,1-2H3,(H,16,17). The molecule has 5 heteroatoms. The molecule has 0 saturated heterocycles. The van der Waals surface area contributed by atoms with E-state index in [0.29, 0.717) is 23.8 Å². The first-order chi connectivity index (χ1) is 8.46. The number of carbonyl (C=O) groups is 1. The number of aromatic nitrogens is 1. The molecule has 2 rings (SSSR count). The summed E-state index contributed by atoms with van der Waals surface area (Å²) < 4.78 is 4.96. The SMILES string of the molecule is CC1(C)CCC(NCc2cc(C(=O)O)no2)CC1. The maximum Gasteiger partial charge on any atom is 0.358 e. The van der Waals surface area contributed by atoms with Gasteiger partial charge >= 0.3 is 5.97 Å². The average molecular weight is 252 g/mol. The monoisotopic (exact) mass is 252 g/mol. The zero-order valence-electron chi connectivity index (χ0n) is 10.9. The Morgan fingerprint density at radius 1 is 1.56 bits per heavy atom. The van der Waals surface area contributed by atoms with Crippen LogP contribution in [0.4, 0.5) is 0 Å². The maximum absolute atomic E-state index is 10.6. The summed E-state index contributed by atoms with van der Waals surface area (Å²) in [7, 11) is 0. The smallest absolute Gasteiger partial charge is 0.358 e. The Morgan fingerprint density at radius 3 is 2.78 bits per heavy atom. The predicted octanol–water partition coefficient (Wildman–Crippen LogP) is 2.43. The van der Waals surface area contributed by atoms with Gasteiger partial charge in [-0.05, 0) is 31.1 Å². The normalized spacial score (nSPS) is 19.9. The summed E-state index contributed by atoms with van der Waals surface area (Å²) in [5.74, 6) is -0.471. The van der Waals surface area contributed by atoms with Gasteiger partial charge in [-0.2, -0.15) is 0 Å². The van der Waals surface area contributed by atoms with Crippen molar-refractivity contribution in [3.63, 3.8) is 0 Å². The summed E-state index contributed by atoms with van der Waals surface area (Å²) in [6.45, 7) is 5.16. The first-order valence-electron chi connectivity index (χ1n) is 6.38. The van der Waals surface area contributed by atoms with Crippen molar-refractivity contribution in [1.82, 2.24) is 10.5 Å². The lowest BCUT2D eigenvalue weighted by Crippen LogP contribution is -2.35. The highest BCUT2D eigenvalue weighted by atomic mass is 16.5. The van der Waals surface area contributed by atoms with E-state index in [1.54, 1.807) is 0 Å². The molecule has 0 atom stereocenters. The van der Waals surface area contributed by atoms with Crippen LogP contribution in [0.1, 0.15) is 55.8 Å². The Kier molecular flexibility index (Phi) is 3.71. The number of nitrogens with zero attached hydrogens (tertiary/aromatic N) is 1. The molecular weight excluding hydrogens is 232 g/mol. The van der Waals surface area contributed by atoms with Crippen molar-refractivity contribution >= 4 is 5.97 Å². The summed E-state index contributed by atoms with van der Waals surface area (Å²) in [5, 5.41) is 15.6. The van der Waals surface area contributed by atoms with Gasteiger partial charge in [0, 0.05) is 12.1 Å². The number of rotatable bonds is 4. The summed E-state index contributed by atoms with van der Waals surface area (Å²) >= 11 is 0. The van der Waals surface area contributed by atoms with Crippen LogP contribution in [0.15, 0.2) is 10.6 Å². The minimum absolute atomic E-state index is 0.0309. The molecule has 1 heterocycles. The molecule has 0 aromatic carbocycles. The zero-order valence-corrected chi connectivity index (χ0v) is 10.9. The van der Waals surface area contributed by atoms with E-state index in [9.17, 15) is 4.79 Å². The number of carboxylic acids is 1. The fraction of sp³-hybridized carbons (Fsp3) is 0.692. The molecule has 2 N–H and O–H groups in total. The lowest BCUT2D eigenvalue weighted by molar-refractivity contribution is 0.0685. The van der Waals surface area contributed by atoms with Crippen LogP contribution >= 0.6 is 0 Å². The molecule has 0 unspecified atom stereocenters. The maximum atomic E-state index is 10.6. The van der Waals surface area contributed by atoms with E-state index in [1.807, 2.05) is 0 Å². The molecule has 5 nitrogen and oxygen atoms in total. The third-order valence-electron chi connectivity index (χ3n) is 3.68. The second-order valence-corrected chi connectivity index (χ2v) is 5.80. The van der Waals surface area contributed by atoms with Crippen molar-refractivity contribution in [3.05, 3.63) is 17.5 Å². The van der Waals surface area contributed by atoms with E-state index in [-0.39, 0.29) is 5.69 Å². The fourth-order valence-corrected chi connectivity index (χ4v) is 2.35. The Hall–Kier alpha value is -1.36. The molecule has 0 bridgehead atoms. The van der Waals surface area contributed by atoms with Gasteiger partial charge in [0.05, 0.1) is 6.54 Å². The largest absolute Gasteiger partial charge is 0.476 e. The van der Waals surface area contributed by atoms with Crippen LogP contribution in [0, 0.1) is 5.41 Å². The summed E-state index contributed by atoms with van der Waals surface area (Å²) in [6.07, 6.45) is 4.77. The molecule has 0 spiro atoms. The highest BCUT2D eigenvalue weighted by Crippen LogP contribution is 2.35. The Balaban J connectivity index is 1.79. The van der Waals surface area contributed by atoms with Gasteiger partial charge in [0.2, 0.25) is 0 Å². The van der Waals surface area contributed by atoms with E-state index in [1.165, 1.54) is 18.9 Å². The topological polar surface area (TPSA) is 75.4 Å². The van der Waals surface area contributed by atoms with Crippen LogP contribution < -0.4 is 5.32 Å². The van der Waals surface area contributed by atoms with Crippen molar-refractivity contribution < 1.29 is 14.4 Å². The number of aromatic carboxylic acids is 1. The van der Waals surface area contributed by atoms with Crippen LogP contribution in [0.3, 0.4) is 0 Å². The second-order valence-electron chi connectivity index (χ2n) is 5.80. The summed E-state index contributed by atoms with van der Waals surface area (Å²) in [4.78, 5) is 10.6. The van der Waals surface area contributed by atoms with Gasteiger partial charge in [-0.1, -0.05) is 19.0 Å². The van der Waals surface area contributed by atoms with Crippen molar-refractivity contribution in [2.75, 3.05) is 0 Å². The Morgan fingerprint density at radius 2 is 2.22 bits per heavy atom. The molecular formula is C13H20N2O3. The van der Waals surface area contributed by atoms with Gasteiger partial charge in [-0.25, -0.2) is 4.79 Å². The summed E-state index contributed by atoms with van der Waals surface area (Å²) in [6, 6.07) is 1.97. The molecule has 0 aliphatic heterocycles. The molecule has 18 heavy (non-hydrogen) atoms. The van der Waals surface area contributed by atoms with Crippen LogP contribution in [0.25, 0.3) is 0 Å². The molecule has 1 saturated carbocycles. The minimum Gasteiger partial charge on any atom is -0.476 e. The molecule has 0 amide bonds. The molecule has 100 valence electrons.